The Bertz CT molecular complexity index is 535. The van der Waals surface area contributed by atoms with E-state index in [4.69, 9.17) is 5.10 Å². The van der Waals surface area contributed by atoms with Crippen molar-refractivity contribution in [2.45, 2.75) is 58.4 Å². The van der Waals surface area contributed by atoms with Crippen molar-refractivity contribution in [3.63, 3.8) is 0 Å². The highest BCUT2D eigenvalue weighted by Gasteiger charge is 2.16. The molecule has 0 spiro atoms. The third kappa shape index (κ3) is 2.68. The maximum atomic E-state index is 4.89. The smallest absolute Gasteiger partial charge is 0.0703 e. The van der Waals surface area contributed by atoms with Crippen LogP contribution < -0.4 is 0 Å². The molecular formula is C17H24N2. The van der Waals surface area contributed by atoms with Gasteiger partial charge in [0, 0.05) is 11.9 Å². The summed E-state index contributed by atoms with van der Waals surface area (Å²) >= 11 is 0. The number of nitrogens with zero attached hydrogens (tertiary/aromatic N) is 2. The molecule has 1 aromatic heterocycles. The monoisotopic (exact) mass is 256 g/mol. The van der Waals surface area contributed by atoms with Crippen LogP contribution in [0.2, 0.25) is 0 Å². The minimum atomic E-state index is 0.839. The molecule has 19 heavy (non-hydrogen) atoms. The molecule has 102 valence electrons. The molecule has 0 amide bonds. The van der Waals surface area contributed by atoms with E-state index >= 15 is 0 Å². The van der Waals surface area contributed by atoms with Crippen LogP contribution in [-0.4, -0.2) is 9.78 Å². The van der Waals surface area contributed by atoms with Gasteiger partial charge in [0.1, 0.15) is 0 Å². The lowest BCUT2D eigenvalue weighted by molar-refractivity contribution is 0.311. The van der Waals surface area contributed by atoms with Gasteiger partial charge >= 0.3 is 0 Å². The molecule has 1 heterocycles. The minimum Gasteiger partial charge on any atom is -0.264 e. The van der Waals surface area contributed by atoms with Crippen LogP contribution in [-0.2, 0) is 13.0 Å². The lowest BCUT2D eigenvalue weighted by atomic mass is 9.89. The van der Waals surface area contributed by atoms with Crippen molar-refractivity contribution >= 4 is 10.9 Å². The number of rotatable bonds is 4. The van der Waals surface area contributed by atoms with Crippen molar-refractivity contribution in [1.29, 1.82) is 0 Å². The normalized spacial score (nSPS) is 17.1. The van der Waals surface area contributed by atoms with Gasteiger partial charge in [-0.2, -0.15) is 5.10 Å². The summed E-state index contributed by atoms with van der Waals surface area (Å²) in [6.45, 7) is 3.35. The number of hydrogen-bond donors (Lipinski definition) is 0. The second-order valence-electron chi connectivity index (χ2n) is 5.90. The summed E-state index contributed by atoms with van der Waals surface area (Å²) in [5.41, 5.74) is 2.62. The first-order valence-corrected chi connectivity index (χ1v) is 7.83. The summed E-state index contributed by atoms with van der Waals surface area (Å²) < 4.78 is 2.27. The Labute approximate surface area is 115 Å². The summed E-state index contributed by atoms with van der Waals surface area (Å²) in [7, 11) is 0. The predicted octanol–water partition coefficient (Wildman–Crippen LogP) is 4.57. The van der Waals surface area contributed by atoms with Gasteiger partial charge in [-0.25, -0.2) is 0 Å². The number of aromatic nitrogens is 2. The average molecular weight is 256 g/mol. The molecule has 0 bridgehead atoms. The van der Waals surface area contributed by atoms with E-state index in [0.29, 0.717) is 0 Å². The molecule has 1 aliphatic carbocycles. The summed E-state index contributed by atoms with van der Waals surface area (Å²) in [6, 6.07) is 8.72. The van der Waals surface area contributed by atoms with Gasteiger partial charge in [0.2, 0.25) is 0 Å². The van der Waals surface area contributed by atoms with E-state index in [2.05, 4.69) is 35.9 Å². The molecule has 0 N–H and O–H groups in total. The predicted molar refractivity (Wildman–Crippen MR) is 80.3 cm³/mol. The maximum Gasteiger partial charge on any atom is 0.0703 e. The van der Waals surface area contributed by atoms with Crippen LogP contribution in [0.5, 0.6) is 0 Å². The lowest BCUT2D eigenvalue weighted by Crippen LogP contribution is -2.15. The first-order chi connectivity index (χ1) is 9.38. The van der Waals surface area contributed by atoms with Crippen LogP contribution in [0.3, 0.4) is 0 Å². The van der Waals surface area contributed by atoms with Crippen molar-refractivity contribution in [2.75, 3.05) is 0 Å². The van der Waals surface area contributed by atoms with Crippen LogP contribution in [0.15, 0.2) is 24.3 Å². The fourth-order valence-electron chi connectivity index (χ4n) is 3.37. The average Bonchev–Trinajstić information content (AvgIpc) is 2.79. The Kier molecular flexibility index (Phi) is 3.86. The van der Waals surface area contributed by atoms with Crippen molar-refractivity contribution in [3.05, 3.63) is 30.0 Å². The van der Waals surface area contributed by atoms with Crippen molar-refractivity contribution in [2.24, 2.45) is 5.92 Å². The quantitative estimate of drug-likeness (QED) is 0.783. The van der Waals surface area contributed by atoms with Gasteiger partial charge in [0.25, 0.3) is 0 Å². The van der Waals surface area contributed by atoms with Crippen molar-refractivity contribution in [1.82, 2.24) is 9.78 Å². The molecule has 0 aliphatic heterocycles. The molecule has 0 saturated heterocycles. The number of hydrogen-bond acceptors (Lipinski definition) is 1. The van der Waals surface area contributed by atoms with Crippen LogP contribution in [0.4, 0.5) is 0 Å². The van der Waals surface area contributed by atoms with Gasteiger partial charge in [-0.3, -0.25) is 4.68 Å². The summed E-state index contributed by atoms with van der Waals surface area (Å²) in [5.74, 6) is 0.839. The number of benzene rings is 1. The molecule has 2 aromatic rings. The fourth-order valence-corrected chi connectivity index (χ4v) is 3.37. The number of para-hydroxylation sites is 1. The fraction of sp³-hybridized carbons (Fsp3) is 0.588. The molecule has 3 rings (SSSR count). The number of aryl methyl sites for hydroxylation is 1. The topological polar surface area (TPSA) is 17.8 Å². The van der Waals surface area contributed by atoms with E-state index in [0.717, 1.165) is 18.9 Å². The summed E-state index contributed by atoms with van der Waals surface area (Å²) in [5, 5.41) is 6.25. The van der Waals surface area contributed by atoms with E-state index in [1.54, 1.807) is 0 Å². The summed E-state index contributed by atoms with van der Waals surface area (Å²) in [6.07, 6.45) is 9.28. The van der Waals surface area contributed by atoms with Gasteiger partial charge < -0.3 is 0 Å². The molecule has 0 radical (unpaired) electrons. The van der Waals surface area contributed by atoms with Gasteiger partial charge in [-0.05, 0) is 31.2 Å². The Hall–Kier alpha value is -1.31. The summed E-state index contributed by atoms with van der Waals surface area (Å²) in [4.78, 5) is 0. The number of fused-ring (bicyclic) bond motifs is 1. The Morgan fingerprint density at radius 1 is 1.16 bits per heavy atom. The van der Waals surface area contributed by atoms with E-state index in [9.17, 15) is 0 Å². The molecule has 1 saturated carbocycles. The van der Waals surface area contributed by atoms with Gasteiger partial charge in [-0.15, -0.1) is 0 Å². The Morgan fingerprint density at radius 3 is 2.74 bits per heavy atom. The molecule has 2 heteroatoms. The standard InChI is InChI=1S/C17H24N2/c1-2-8-16-15-11-6-7-12-17(15)19(18-16)13-14-9-4-3-5-10-14/h6-7,11-12,14H,2-5,8-10,13H2,1H3. The van der Waals surface area contributed by atoms with E-state index in [-0.39, 0.29) is 0 Å². The zero-order chi connectivity index (χ0) is 13.1. The van der Waals surface area contributed by atoms with Crippen LogP contribution in [0, 0.1) is 5.92 Å². The molecule has 2 nitrogen and oxygen atoms in total. The Morgan fingerprint density at radius 2 is 1.95 bits per heavy atom. The molecule has 0 unspecified atom stereocenters. The zero-order valence-electron chi connectivity index (χ0n) is 11.9. The molecular weight excluding hydrogens is 232 g/mol. The Balaban J connectivity index is 1.89. The van der Waals surface area contributed by atoms with Gasteiger partial charge in [-0.1, -0.05) is 50.8 Å². The first-order valence-electron chi connectivity index (χ1n) is 7.83. The second-order valence-corrected chi connectivity index (χ2v) is 5.90. The van der Waals surface area contributed by atoms with Gasteiger partial charge in [0.05, 0.1) is 11.2 Å². The highest BCUT2D eigenvalue weighted by Crippen LogP contribution is 2.27. The second kappa shape index (κ2) is 5.77. The van der Waals surface area contributed by atoms with Crippen molar-refractivity contribution < 1.29 is 0 Å². The minimum absolute atomic E-state index is 0.839. The zero-order valence-corrected chi connectivity index (χ0v) is 11.9. The maximum absolute atomic E-state index is 4.89. The molecule has 1 aromatic carbocycles. The van der Waals surface area contributed by atoms with E-state index in [1.807, 2.05) is 0 Å². The SMILES string of the molecule is CCCc1nn(CC2CCCCC2)c2ccccc12. The van der Waals surface area contributed by atoms with Crippen molar-refractivity contribution in [3.8, 4) is 0 Å². The molecule has 1 aliphatic rings. The first kappa shape index (κ1) is 12.7. The van der Waals surface area contributed by atoms with E-state index in [1.165, 1.54) is 55.1 Å². The molecule has 1 fully saturated rings. The van der Waals surface area contributed by atoms with Crippen LogP contribution in [0.1, 0.15) is 51.1 Å². The third-order valence-electron chi connectivity index (χ3n) is 4.38. The third-order valence-corrected chi connectivity index (χ3v) is 4.38. The highest BCUT2D eigenvalue weighted by molar-refractivity contribution is 5.81. The van der Waals surface area contributed by atoms with Crippen LogP contribution in [0.25, 0.3) is 10.9 Å². The van der Waals surface area contributed by atoms with Crippen LogP contribution >= 0.6 is 0 Å². The largest absolute Gasteiger partial charge is 0.264 e. The van der Waals surface area contributed by atoms with Gasteiger partial charge in [0.15, 0.2) is 0 Å². The lowest BCUT2D eigenvalue weighted by Gasteiger charge is -2.21. The molecule has 0 atom stereocenters. The van der Waals surface area contributed by atoms with E-state index < -0.39 is 0 Å². The highest BCUT2D eigenvalue weighted by atomic mass is 15.3.